The van der Waals surface area contributed by atoms with Crippen molar-refractivity contribution in [1.29, 1.82) is 0 Å². The minimum Gasteiger partial charge on any atom is -0.508 e. The molecule has 0 aliphatic carbocycles. The van der Waals surface area contributed by atoms with E-state index in [2.05, 4.69) is 18.9 Å². The molecule has 0 amide bonds. The molecule has 20 heavy (non-hydrogen) atoms. The lowest BCUT2D eigenvalue weighted by Crippen LogP contribution is -2.22. The third-order valence-electron chi connectivity index (χ3n) is 3.76. The quantitative estimate of drug-likeness (QED) is 0.880. The topological polar surface area (TPSA) is 64.1 Å². The summed E-state index contributed by atoms with van der Waals surface area (Å²) in [6.07, 6.45) is 1.84. The van der Waals surface area contributed by atoms with Crippen LogP contribution in [0.2, 0.25) is 0 Å². The van der Waals surface area contributed by atoms with Crippen LogP contribution in [0.1, 0.15) is 35.9 Å². The summed E-state index contributed by atoms with van der Waals surface area (Å²) in [6, 6.07) is 7.48. The summed E-state index contributed by atoms with van der Waals surface area (Å²) in [7, 11) is 0. The molecule has 0 spiro atoms. The number of hydrogen-bond acceptors (Lipinski definition) is 3. The first kappa shape index (κ1) is 14.6. The van der Waals surface area contributed by atoms with Crippen LogP contribution in [0.3, 0.4) is 0 Å². The Morgan fingerprint density at radius 3 is 2.75 bits per heavy atom. The fourth-order valence-corrected chi connectivity index (χ4v) is 2.42. The summed E-state index contributed by atoms with van der Waals surface area (Å²) >= 11 is 0. The van der Waals surface area contributed by atoms with Crippen molar-refractivity contribution in [2.75, 3.05) is 0 Å². The summed E-state index contributed by atoms with van der Waals surface area (Å²) in [5.74, 6) is 0.289. The normalized spacial score (nSPS) is 12.6. The van der Waals surface area contributed by atoms with E-state index >= 15 is 0 Å². The second-order valence-electron chi connectivity index (χ2n) is 5.35. The van der Waals surface area contributed by atoms with Crippen LogP contribution in [0.5, 0.6) is 5.75 Å². The largest absolute Gasteiger partial charge is 0.508 e. The highest BCUT2D eigenvalue weighted by molar-refractivity contribution is 5.29. The zero-order valence-electron chi connectivity index (χ0n) is 12.4. The van der Waals surface area contributed by atoms with Crippen molar-refractivity contribution >= 4 is 0 Å². The van der Waals surface area contributed by atoms with Gasteiger partial charge in [-0.15, -0.1) is 0 Å². The predicted octanol–water partition coefficient (Wildman–Crippen LogP) is 2.53. The van der Waals surface area contributed by atoms with Gasteiger partial charge in [0.1, 0.15) is 5.75 Å². The van der Waals surface area contributed by atoms with Gasteiger partial charge in [0.2, 0.25) is 0 Å². The minimum atomic E-state index is 0.186. The van der Waals surface area contributed by atoms with E-state index in [-0.39, 0.29) is 11.8 Å². The highest BCUT2D eigenvalue weighted by Gasteiger charge is 2.14. The third-order valence-corrected chi connectivity index (χ3v) is 3.76. The number of benzene rings is 1. The Balaban J connectivity index is 2.23. The molecule has 4 nitrogen and oxygen atoms in total. The fourth-order valence-electron chi connectivity index (χ4n) is 2.42. The summed E-state index contributed by atoms with van der Waals surface area (Å²) in [5.41, 5.74) is 10.6. The zero-order chi connectivity index (χ0) is 14.7. The molecule has 0 aliphatic heterocycles. The van der Waals surface area contributed by atoms with Gasteiger partial charge in [0, 0.05) is 11.7 Å². The monoisotopic (exact) mass is 273 g/mol. The number of hydrogen-bond donors (Lipinski definition) is 2. The van der Waals surface area contributed by atoms with E-state index in [9.17, 15) is 5.11 Å². The van der Waals surface area contributed by atoms with Crippen LogP contribution in [0.15, 0.2) is 24.3 Å². The van der Waals surface area contributed by atoms with Crippen molar-refractivity contribution in [3.63, 3.8) is 0 Å². The fraction of sp³-hybridized carbons (Fsp3) is 0.438. The van der Waals surface area contributed by atoms with Gasteiger partial charge in [0.15, 0.2) is 0 Å². The molecule has 1 aromatic carbocycles. The van der Waals surface area contributed by atoms with Crippen LogP contribution >= 0.6 is 0 Å². The van der Waals surface area contributed by atoms with Crippen LogP contribution < -0.4 is 5.73 Å². The van der Waals surface area contributed by atoms with Crippen molar-refractivity contribution in [1.82, 2.24) is 9.78 Å². The van der Waals surface area contributed by atoms with Gasteiger partial charge in [0.05, 0.1) is 12.2 Å². The maximum absolute atomic E-state index is 9.52. The van der Waals surface area contributed by atoms with Crippen molar-refractivity contribution in [3.05, 3.63) is 46.8 Å². The zero-order valence-corrected chi connectivity index (χ0v) is 12.4. The molecule has 4 heteroatoms. The molecule has 3 N–H and O–H groups in total. The second-order valence-corrected chi connectivity index (χ2v) is 5.35. The number of phenolic OH excluding ortho intramolecular Hbond substituents is 1. The molecule has 1 atom stereocenters. The van der Waals surface area contributed by atoms with Crippen molar-refractivity contribution in [2.24, 2.45) is 5.73 Å². The van der Waals surface area contributed by atoms with Gasteiger partial charge < -0.3 is 10.8 Å². The number of phenols is 1. The van der Waals surface area contributed by atoms with Gasteiger partial charge in [-0.1, -0.05) is 19.1 Å². The molecule has 1 heterocycles. The standard InChI is InChI=1S/C16H23N3O/c1-4-14(17)9-16-11(2)18-19(12(16)3)10-13-6-5-7-15(20)8-13/h5-8,14,20H,4,9-10,17H2,1-3H3. The maximum Gasteiger partial charge on any atom is 0.115 e. The summed E-state index contributed by atoms with van der Waals surface area (Å²) in [5, 5.41) is 14.1. The maximum atomic E-state index is 9.52. The molecule has 1 unspecified atom stereocenters. The van der Waals surface area contributed by atoms with Gasteiger partial charge in [-0.2, -0.15) is 5.10 Å². The number of aryl methyl sites for hydroxylation is 1. The average molecular weight is 273 g/mol. The number of nitrogens with zero attached hydrogens (tertiary/aromatic N) is 2. The Bertz CT molecular complexity index is 589. The SMILES string of the molecule is CCC(N)Cc1c(C)nn(Cc2cccc(O)c2)c1C. The first-order valence-corrected chi connectivity index (χ1v) is 7.07. The Kier molecular flexibility index (Phi) is 4.45. The third kappa shape index (κ3) is 3.20. The Morgan fingerprint density at radius 2 is 2.10 bits per heavy atom. The second kappa shape index (κ2) is 6.09. The lowest BCUT2D eigenvalue weighted by molar-refractivity contribution is 0.474. The summed E-state index contributed by atoms with van der Waals surface area (Å²) in [6.45, 7) is 6.89. The Labute approximate surface area is 120 Å². The molecule has 0 radical (unpaired) electrons. The number of nitrogens with two attached hydrogens (primary N) is 1. The van der Waals surface area contributed by atoms with Crippen LogP contribution in [0.4, 0.5) is 0 Å². The van der Waals surface area contributed by atoms with Crippen LogP contribution in [0.25, 0.3) is 0 Å². The Hall–Kier alpha value is -1.81. The molecular weight excluding hydrogens is 250 g/mol. The molecule has 1 aromatic heterocycles. The molecule has 0 aliphatic rings. The molecular formula is C16H23N3O. The number of aromatic nitrogens is 2. The first-order valence-electron chi connectivity index (χ1n) is 7.07. The first-order chi connectivity index (χ1) is 9.51. The van der Waals surface area contributed by atoms with Gasteiger partial charge in [0.25, 0.3) is 0 Å². The number of rotatable bonds is 5. The van der Waals surface area contributed by atoms with Crippen LogP contribution in [-0.4, -0.2) is 20.9 Å². The van der Waals surface area contributed by atoms with E-state index in [1.165, 1.54) is 5.56 Å². The Morgan fingerprint density at radius 1 is 1.35 bits per heavy atom. The molecule has 0 bridgehead atoms. The highest BCUT2D eigenvalue weighted by Crippen LogP contribution is 2.18. The van der Waals surface area contributed by atoms with Gasteiger partial charge in [-0.05, 0) is 49.9 Å². The molecule has 0 fully saturated rings. The van der Waals surface area contributed by atoms with Gasteiger partial charge in [-0.3, -0.25) is 4.68 Å². The molecule has 0 saturated heterocycles. The summed E-state index contributed by atoms with van der Waals surface area (Å²) < 4.78 is 1.99. The molecule has 108 valence electrons. The van der Waals surface area contributed by atoms with Gasteiger partial charge in [-0.25, -0.2) is 0 Å². The van der Waals surface area contributed by atoms with E-state index in [0.717, 1.165) is 29.8 Å². The smallest absolute Gasteiger partial charge is 0.115 e. The van der Waals surface area contributed by atoms with Gasteiger partial charge >= 0.3 is 0 Å². The highest BCUT2D eigenvalue weighted by atomic mass is 16.3. The van der Waals surface area contributed by atoms with E-state index in [1.807, 2.05) is 23.7 Å². The molecule has 2 rings (SSSR count). The average Bonchev–Trinajstić information content (AvgIpc) is 2.66. The molecule has 2 aromatic rings. The van der Waals surface area contributed by atoms with E-state index < -0.39 is 0 Å². The molecule has 0 saturated carbocycles. The number of aromatic hydroxyl groups is 1. The van der Waals surface area contributed by atoms with Crippen molar-refractivity contribution < 1.29 is 5.11 Å². The van der Waals surface area contributed by atoms with Crippen LogP contribution in [0, 0.1) is 13.8 Å². The lowest BCUT2D eigenvalue weighted by Gasteiger charge is -2.09. The van der Waals surface area contributed by atoms with E-state index in [0.29, 0.717) is 6.54 Å². The minimum absolute atomic E-state index is 0.186. The summed E-state index contributed by atoms with van der Waals surface area (Å²) in [4.78, 5) is 0. The predicted molar refractivity (Wildman–Crippen MR) is 80.9 cm³/mol. The van der Waals surface area contributed by atoms with E-state index in [4.69, 9.17) is 5.73 Å². The van der Waals surface area contributed by atoms with Crippen molar-refractivity contribution in [2.45, 2.75) is 46.2 Å². The lowest BCUT2D eigenvalue weighted by atomic mass is 10.0. The van der Waals surface area contributed by atoms with E-state index in [1.54, 1.807) is 12.1 Å². The van der Waals surface area contributed by atoms with Crippen molar-refractivity contribution in [3.8, 4) is 5.75 Å². The van der Waals surface area contributed by atoms with Crippen LogP contribution in [-0.2, 0) is 13.0 Å².